The third-order valence-electron chi connectivity index (χ3n) is 5.02. The Hall–Kier alpha value is -2.40. The van der Waals surface area contributed by atoms with Crippen molar-refractivity contribution in [3.8, 4) is 0 Å². The number of aromatic nitrogens is 1. The van der Waals surface area contributed by atoms with Crippen molar-refractivity contribution in [2.45, 2.75) is 20.4 Å². The summed E-state index contributed by atoms with van der Waals surface area (Å²) in [4.78, 5) is 23.8. The highest BCUT2D eigenvalue weighted by Gasteiger charge is 2.21. The summed E-state index contributed by atoms with van der Waals surface area (Å²) in [7, 11) is 0. The third kappa shape index (κ3) is 4.41. The van der Waals surface area contributed by atoms with Gasteiger partial charge in [-0.2, -0.15) is 0 Å². The molecule has 138 valence electrons. The SMILES string of the molecule is CCN1CCN(C(=O)c2ccc(N(CC)Cc3ccccc3)nc2)CC1. The average molecular weight is 352 g/mol. The Labute approximate surface area is 156 Å². The van der Waals surface area contributed by atoms with Crippen LogP contribution in [0, 0.1) is 0 Å². The minimum atomic E-state index is 0.0888. The van der Waals surface area contributed by atoms with Crippen LogP contribution in [0.25, 0.3) is 0 Å². The molecule has 26 heavy (non-hydrogen) atoms. The first-order valence-electron chi connectivity index (χ1n) is 9.47. The van der Waals surface area contributed by atoms with Crippen LogP contribution in [0.3, 0.4) is 0 Å². The maximum atomic E-state index is 12.7. The van der Waals surface area contributed by atoms with Gasteiger partial charge in [0.25, 0.3) is 5.91 Å². The molecule has 0 unspecified atom stereocenters. The van der Waals surface area contributed by atoms with Crippen molar-refractivity contribution >= 4 is 11.7 Å². The molecule has 1 saturated heterocycles. The number of pyridine rings is 1. The second-order valence-electron chi connectivity index (χ2n) is 6.63. The molecule has 1 amide bonds. The Morgan fingerprint density at radius 3 is 2.35 bits per heavy atom. The third-order valence-corrected chi connectivity index (χ3v) is 5.02. The van der Waals surface area contributed by atoms with E-state index in [1.165, 1.54) is 5.56 Å². The molecule has 5 nitrogen and oxygen atoms in total. The molecule has 1 aliphatic rings. The van der Waals surface area contributed by atoms with E-state index in [0.717, 1.165) is 51.6 Å². The molecule has 0 spiro atoms. The molecule has 0 saturated carbocycles. The van der Waals surface area contributed by atoms with Crippen LogP contribution in [-0.2, 0) is 6.54 Å². The molecule has 5 heteroatoms. The Bertz CT molecular complexity index is 694. The number of hydrogen-bond acceptors (Lipinski definition) is 4. The second kappa shape index (κ2) is 8.81. The maximum absolute atomic E-state index is 12.7. The molecule has 0 N–H and O–H groups in total. The number of amides is 1. The zero-order valence-corrected chi connectivity index (χ0v) is 15.8. The zero-order chi connectivity index (χ0) is 18.4. The van der Waals surface area contributed by atoms with E-state index in [4.69, 9.17) is 0 Å². The highest BCUT2D eigenvalue weighted by atomic mass is 16.2. The minimum Gasteiger partial charge on any atom is -0.353 e. The number of likely N-dealkylation sites (N-methyl/N-ethyl adjacent to an activating group) is 1. The van der Waals surface area contributed by atoms with Gasteiger partial charge >= 0.3 is 0 Å². The van der Waals surface area contributed by atoms with Gasteiger partial charge in [-0.05, 0) is 31.2 Å². The maximum Gasteiger partial charge on any atom is 0.255 e. The highest BCUT2D eigenvalue weighted by molar-refractivity contribution is 5.94. The monoisotopic (exact) mass is 352 g/mol. The molecular formula is C21H28N4O. The van der Waals surface area contributed by atoms with Crippen LogP contribution in [0.2, 0.25) is 0 Å². The van der Waals surface area contributed by atoms with Crippen LogP contribution >= 0.6 is 0 Å². The van der Waals surface area contributed by atoms with Crippen LogP contribution in [0.1, 0.15) is 29.8 Å². The number of carbonyl (C=O) groups is 1. The van der Waals surface area contributed by atoms with Gasteiger partial charge < -0.3 is 14.7 Å². The van der Waals surface area contributed by atoms with Gasteiger partial charge in [0, 0.05) is 45.5 Å². The van der Waals surface area contributed by atoms with Gasteiger partial charge in [-0.3, -0.25) is 4.79 Å². The summed E-state index contributed by atoms with van der Waals surface area (Å²) in [6.45, 7) is 10.5. The van der Waals surface area contributed by atoms with Crippen LogP contribution < -0.4 is 4.90 Å². The topological polar surface area (TPSA) is 39.7 Å². The normalized spacial score (nSPS) is 15.1. The lowest BCUT2D eigenvalue weighted by atomic mass is 10.2. The van der Waals surface area contributed by atoms with Crippen molar-refractivity contribution in [1.29, 1.82) is 0 Å². The summed E-state index contributed by atoms with van der Waals surface area (Å²) >= 11 is 0. The Morgan fingerprint density at radius 1 is 1.04 bits per heavy atom. The first kappa shape index (κ1) is 18.4. The molecule has 2 aromatic rings. The van der Waals surface area contributed by atoms with Crippen LogP contribution in [-0.4, -0.2) is 60.0 Å². The molecule has 0 bridgehead atoms. The van der Waals surface area contributed by atoms with E-state index < -0.39 is 0 Å². The van der Waals surface area contributed by atoms with Gasteiger partial charge in [-0.1, -0.05) is 37.3 Å². The number of piperazine rings is 1. The molecule has 2 heterocycles. The summed E-state index contributed by atoms with van der Waals surface area (Å²) in [6.07, 6.45) is 1.72. The largest absolute Gasteiger partial charge is 0.353 e. The summed E-state index contributed by atoms with van der Waals surface area (Å²) in [6, 6.07) is 14.2. The van der Waals surface area contributed by atoms with Gasteiger partial charge in [0.15, 0.2) is 0 Å². The Balaban J connectivity index is 1.64. The van der Waals surface area contributed by atoms with Gasteiger partial charge in [0.2, 0.25) is 0 Å². The van der Waals surface area contributed by atoms with Crippen molar-refractivity contribution in [3.05, 3.63) is 59.8 Å². The lowest BCUT2D eigenvalue weighted by molar-refractivity contribution is 0.0643. The molecule has 1 aromatic carbocycles. The molecule has 1 fully saturated rings. The molecular weight excluding hydrogens is 324 g/mol. The highest BCUT2D eigenvalue weighted by Crippen LogP contribution is 2.16. The Morgan fingerprint density at radius 2 is 1.77 bits per heavy atom. The van der Waals surface area contributed by atoms with Crippen LogP contribution in [0.4, 0.5) is 5.82 Å². The number of nitrogens with zero attached hydrogens (tertiary/aromatic N) is 4. The summed E-state index contributed by atoms with van der Waals surface area (Å²) in [5.74, 6) is 0.995. The molecule has 0 radical (unpaired) electrons. The zero-order valence-electron chi connectivity index (χ0n) is 15.8. The van der Waals surface area contributed by atoms with E-state index in [-0.39, 0.29) is 5.91 Å². The van der Waals surface area contributed by atoms with Crippen molar-refractivity contribution in [2.24, 2.45) is 0 Å². The fraction of sp³-hybridized carbons (Fsp3) is 0.429. The summed E-state index contributed by atoms with van der Waals surface area (Å²) in [5.41, 5.74) is 1.93. The van der Waals surface area contributed by atoms with Gasteiger partial charge in [-0.15, -0.1) is 0 Å². The summed E-state index contributed by atoms with van der Waals surface area (Å²) in [5, 5.41) is 0. The number of rotatable bonds is 6. The number of hydrogen-bond donors (Lipinski definition) is 0. The van der Waals surface area contributed by atoms with Gasteiger partial charge in [-0.25, -0.2) is 4.98 Å². The van der Waals surface area contributed by atoms with Gasteiger partial charge in [0.05, 0.1) is 5.56 Å². The van der Waals surface area contributed by atoms with E-state index in [2.05, 4.69) is 52.9 Å². The van der Waals surface area contributed by atoms with Crippen molar-refractivity contribution in [1.82, 2.24) is 14.8 Å². The quantitative estimate of drug-likeness (QED) is 0.801. The molecule has 3 rings (SSSR count). The lowest BCUT2D eigenvalue weighted by Gasteiger charge is -2.34. The van der Waals surface area contributed by atoms with E-state index in [1.807, 2.05) is 23.1 Å². The van der Waals surface area contributed by atoms with Crippen LogP contribution in [0.15, 0.2) is 48.7 Å². The average Bonchev–Trinajstić information content (AvgIpc) is 2.72. The number of anilines is 1. The summed E-state index contributed by atoms with van der Waals surface area (Å²) < 4.78 is 0. The first-order valence-corrected chi connectivity index (χ1v) is 9.47. The van der Waals surface area contributed by atoms with Crippen molar-refractivity contribution in [2.75, 3.05) is 44.2 Å². The predicted molar refractivity (Wildman–Crippen MR) is 105 cm³/mol. The first-order chi connectivity index (χ1) is 12.7. The predicted octanol–water partition coefficient (Wildman–Crippen LogP) is 2.89. The standard InChI is InChI=1S/C21H28N4O/c1-3-23-12-14-25(15-13-23)21(26)19-10-11-20(22-16-19)24(4-2)17-18-8-6-5-7-9-18/h5-11,16H,3-4,12-15,17H2,1-2H3. The second-order valence-corrected chi connectivity index (χ2v) is 6.63. The molecule has 1 aromatic heterocycles. The molecule has 1 aliphatic heterocycles. The number of carbonyl (C=O) groups excluding carboxylic acids is 1. The minimum absolute atomic E-state index is 0.0888. The van der Waals surface area contributed by atoms with E-state index in [1.54, 1.807) is 6.20 Å². The van der Waals surface area contributed by atoms with E-state index >= 15 is 0 Å². The number of benzene rings is 1. The fourth-order valence-electron chi connectivity index (χ4n) is 3.31. The van der Waals surface area contributed by atoms with Crippen molar-refractivity contribution in [3.63, 3.8) is 0 Å². The molecule has 0 atom stereocenters. The molecule has 0 aliphatic carbocycles. The van der Waals surface area contributed by atoms with Crippen molar-refractivity contribution < 1.29 is 4.79 Å². The van der Waals surface area contributed by atoms with Crippen LogP contribution in [0.5, 0.6) is 0 Å². The fourth-order valence-corrected chi connectivity index (χ4v) is 3.31. The lowest BCUT2D eigenvalue weighted by Crippen LogP contribution is -2.48. The Kier molecular flexibility index (Phi) is 6.23. The van der Waals surface area contributed by atoms with Gasteiger partial charge in [0.1, 0.15) is 5.82 Å². The van der Waals surface area contributed by atoms with E-state index in [9.17, 15) is 4.79 Å². The smallest absolute Gasteiger partial charge is 0.255 e. The van der Waals surface area contributed by atoms with E-state index in [0.29, 0.717) is 5.56 Å².